The van der Waals surface area contributed by atoms with Crippen LogP contribution in [-0.2, 0) is 16.0 Å². The Balaban J connectivity index is 1.55. The summed E-state index contributed by atoms with van der Waals surface area (Å²) in [5.41, 5.74) is 1.58. The number of phenols is 1. The zero-order valence-corrected chi connectivity index (χ0v) is 16.3. The van der Waals surface area contributed by atoms with E-state index < -0.39 is 17.1 Å². The largest absolute Gasteiger partial charge is 0.508 e. The van der Waals surface area contributed by atoms with Crippen molar-refractivity contribution in [2.24, 2.45) is 0 Å². The number of hydrogen-bond acceptors (Lipinski definition) is 5. The molecule has 144 valence electrons. The van der Waals surface area contributed by atoms with Gasteiger partial charge in [-0.25, -0.2) is 0 Å². The van der Waals surface area contributed by atoms with Crippen LogP contribution in [0.25, 0.3) is 6.08 Å². The van der Waals surface area contributed by atoms with E-state index >= 15 is 0 Å². The van der Waals surface area contributed by atoms with Gasteiger partial charge >= 0.3 is 0 Å². The Morgan fingerprint density at radius 2 is 1.86 bits per heavy atom. The second-order valence-electron chi connectivity index (χ2n) is 6.06. The molecule has 1 aliphatic rings. The lowest BCUT2D eigenvalue weighted by Crippen LogP contribution is -2.40. The highest BCUT2D eigenvalue weighted by Crippen LogP contribution is 2.33. The first-order valence-corrected chi connectivity index (χ1v) is 9.68. The number of halogens is 1. The Labute approximate surface area is 171 Å². The second kappa shape index (κ2) is 8.95. The van der Waals surface area contributed by atoms with Crippen molar-refractivity contribution in [3.05, 3.63) is 69.6 Å². The van der Waals surface area contributed by atoms with Gasteiger partial charge in [0.15, 0.2) is 0 Å². The highest BCUT2D eigenvalue weighted by molar-refractivity contribution is 8.18. The van der Waals surface area contributed by atoms with E-state index in [0.29, 0.717) is 23.6 Å². The predicted octanol–water partition coefficient (Wildman–Crippen LogP) is 3.44. The summed E-state index contributed by atoms with van der Waals surface area (Å²) in [7, 11) is 0. The number of nitrogens with one attached hydrogen (secondary N) is 1. The van der Waals surface area contributed by atoms with E-state index in [0.717, 1.165) is 22.2 Å². The lowest BCUT2D eigenvalue weighted by atomic mass is 10.1. The van der Waals surface area contributed by atoms with E-state index in [1.54, 1.807) is 54.6 Å². The molecule has 1 fully saturated rings. The van der Waals surface area contributed by atoms with E-state index in [4.69, 9.17) is 11.6 Å². The number of thioether (sulfide) groups is 1. The number of rotatable bonds is 6. The fourth-order valence-electron chi connectivity index (χ4n) is 2.58. The van der Waals surface area contributed by atoms with Crippen LogP contribution in [-0.4, -0.2) is 40.1 Å². The molecule has 0 aliphatic carbocycles. The summed E-state index contributed by atoms with van der Waals surface area (Å²) in [6, 6.07) is 13.7. The molecule has 28 heavy (non-hydrogen) atoms. The minimum Gasteiger partial charge on any atom is -0.508 e. The molecule has 0 aromatic heterocycles. The van der Waals surface area contributed by atoms with Crippen molar-refractivity contribution in [3.8, 4) is 5.75 Å². The van der Waals surface area contributed by atoms with E-state index in [1.807, 2.05) is 0 Å². The number of amides is 3. The van der Waals surface area contributed by atoms with Crippen LogP contribution >= 0.6 is 23.4 Å². The van der Waals surface area contributed by atoms with Gasteiger partial charge in [-0.15, -0.1) is 0 Å². The van der Waals surface area contributed by atoms with E-state index in [1.165, 1.54) is 0 Å². The van der Waals surface area contributed by atoms with Gasteiger partial charge in [0, 0.05) is 11.6 Å². The number of carbonyl (C=O) groups excluding carboxylic acids is 3. The van der Waals surface area contributed by atoms with Crippen LogP contribution in [0.1, 0.15) is 11.1 Å². The molecule has 0 saturated carbocycles. The van der Waals surface area contributed by atoms with Gasteiger partial charge in [0.2, 0.25) is 5.91 Å². The number of imide groups is 1. The molecule has 0 bridgehead atoms. The normalized spacial score (nSPS) is 15.3. The highest BCUT2D eigenvalue weighted by Gasteiger charge is 2.36. The molecular weight excluding hydrogens is 400 g/mol. The van der Waals surface area contributed by atoms with Crippen LogP contribution < -0.4 is 5.32 Å². The molecular formula is C20H17ClN2O4S. The van der Waals surface area contributed by atoms with Crippen LogP contribution in [0.15, 0.2) is 53.4 Å². The number of nitrogens with zero attached hydrogens (tertiary/aromatic N) is 1. The maximum atomic E-state index is 12.5. The molecule has 3 amide bonds. The van der Waals surface area contributed by atoms with Gasteiger partial charge in [-0.3, -0.25) is 19.3 Å². The lowest BCUT2D eigenvalue weighted by molar-refractivity contribution is -0.129. The topological polar surface area (TPSA) is 86.7 Å². The van der Waals surface area contributed by atoms with Crippen molar-refractivity contribution in [2.45, 2.75) is 6.42 Å². The third-order valence-corrected chi connectivity index (χ3v) is 5.29. The van der Waals surface area contributed by atoms with E-state index in [-0.39, 0.29) is 17.2 Å². The number of carbonyl (C=O) groups is 3. The van der Waals surface area contributed by atoms with Crippen molar-refractivity contribution in [3.63, 3.8) is 0 Å². The molecule has 1 saturated heterocycles. The first-order chi connectivity index (χ1) is 13.4. The Bertz CT molecular complexity index is 943. The molecule has 0 spiro atoms. The van der Waals surface area contributed by atoms with Gasteiger partial charge in [-0.2, -0.15) is 0 Å². The second-order valence-corrected chi connectivity index (χ2v) is 7.46. The number of hydrogen-bond donors (Lipinski definition) is 2. The lowest BCUT2D eigenvalue weighted by Gasteiger charge is -2.12. The van der Waals surface area contributed by atoms with Crippen LogP contribution in [0.2, 0.25) is 5.02 Å². The van der Waals surface area contributed by atoms with Gasteiger partial charge in [0.25, 0.3) is 11.1 Å². The Hall–Kier alpha value is -2.77. The molecule has 0 unspecified atom stereocenters. The monoisotopic (exact) mass is 416 g/mol. The molecule has 8 heteroatoms. The third-order valence-electron chi connectivity index (χ3n) is 4.04. The summed E-state index contributed by atoms with van der Waals surface area (Å²) in [6.45, 7) is 0.0232. The van der Waals surface area contributed by atoms with Crippen molar-refractivity contribution in [1.29, 1.82) is 0 Å². The van der Waals surface area contributed by atoms with Crippen LogP contribution in [0.3, 0.4) is 0 Å². The number of aromatic hydroxyl groups is 1. The van der Waals surface area contributed by atoms with Crippen molar-refractivity contribution < 1.29 is 19.5 Å². The smallest absolute Gasteiger partial charge is 0.294 e. The average molecular weight is 417 g/mol. The highest BCUT2D eigenvalue weighted by atomic mass is 35.5. The fourth-order valence-corrected chi connectivity index (χ4v) is 3.60. The quantitative estimate of drug-likeness (QED) is 0.704. The summed E-state index contributed by atoms with van der Waals surface area (Å²) in [6.07, 6.45) is 2.12. The van der Waals surface area contributed by atoms with E-state index in [9.17, 15) is 19.5 Å². The molecule has 3 rings (SSSR count). The first-order valence-electron chi connectivity index (χ1n) is 8.48. The molecule has 2 aromatic carbocycles. The molecule has 0 radical (unpaired) electrons. The SMILES string of the molecule is O=C(CN1C(=O)S/C(=C\c2ccccc2Cl)C1=O)NCCc1ccc(O)cc1. The van der Waals surface area contributed by atoms with Crippen LogP contribution in [0, 0.1) is 0 Å². The molecule has 2 N–H and O–H groups in total. The predicted molar refractivity (Wildman–Crippen MR) is 109 cm³/mol. The summed E-state index contributed by atoms with van der Waals surface area (Å²) in [5.74, 6) is -0.749. The molecule has 0 atom stereocenters. The van der Waals surface area contributed by atoms with Crippen molar-refractivity contribution >= 4 is 46.5 Å². The van der Waals surface area contributed by atoms with E-state index in [2.05, 4.69) is 5.32 Å². The van der Waals surface area contributed by atoms with Crippen molar-refractivity contribution in [2.75, 3.05) is 13.1 Å². The Morgan fingerprint density at radius 1 is 1.14 bits per heavy atom. The zero-order chi connectivity index (χ0) is 20.1. The Kier molecular flexibility index (Phi) is 6.38. The van der Waals surface area contributed by atoms with Gasteiger partial charge in [-0.05, 0) is 53.6 Å². The molecule has 1 aliphatic heterocycles. The first kappa shape index (κ1) is 20.0. The summed E-state index contributed by atoms with van der Waals surface area (Å²) in [4.78, 5) is 37.8. The number of benzene rings is 2. The molecule has 6 nitrogen and oxygen atoms in total. The molecule has 2 aromatic rings. The van der Waals surface area contributed by atoms with Gasteiger partial charge in [0.05, 0.1) is 4.91 Å². The van der Waals surface area contributed by atoms with Crippen molar-refractivity contribution in [1.82, 2.24) is 10.2 Å². The Morgan fingerprint density at radius 3 is 2.57 bits per heavy atom. The minimum absolute atomic E-state index is 0.178. The maximum Gasteiger partial charge on any atom is 0.294 e. The fraction of sp³-hybridized carbons (Fsp3) is 0.150. The minimum atomic E-state index is -0.511. The third kappa shape index (κ3) is 4.94. The summed E-state index contributed by atoms with van der Waals surface area (Å²) in [5, 5.41) is 11.9. The molecule has 1 heterocycles. The zero-order valence-electron chi connectivity index (χ0n) is 14.7. The van der Waals surface area contributed by atoms with Gasteiger partial charge in [-0.1, -0.05) is 41.9 Å². The van der Waals surface area contributed by atoms with Crippen LogP contribution in [0.5, 0.6) is 5.75 Å². The summed E-state index contributed by atoms with van der Waals surface area (Å²) < 4.78 is 0. The van der Waals surface area contributed by atoms with Gasteiger partial charge in [0.1, 0.15) is 12.3 Å². The maximum absolute atomic E-state index is 12.5. The van der Waals surface area contributed by atoms with Gasteiger partial charge < -0.3 is 10.4 Å². The average Bonchev–Trinajstić information content (AvgIpc) is 2.93. The number of phenolic OH excluding ortho intramolecular Hbond substituents is 1. The van der Waals surface area contributed by atoms with Crippen LogP contribution in [0.4, 0.5) is 4.79 Å². The standard InChI is InChI=1S/C20H17ClN2O4S/c21-16-4-2-1-3-14(16)11-17-19(26)23(20(27)28-17)12-18(25)22-10-9-13-5-7-15(24)8-6-13/h1-8,11,24H,9-10,12H2,(H,22,25)/b17-11-. The summed E-state index contributed by atoms with van der Waals surface area (Å²) >= 11 is 6.87.